The Morgan fingerprint density at radius 3 is 2.53 bits per heavy atom. The molecule has 1 N–H and O–H groups in total. The Hall–Kier alpha value is -0.290. The highest BCUT2D eigenvalue weighted by Gasteiger charge is 2.08. The summed E-state index contributed by atoms with van der Waals surface area (Å²) in [7, 11) is 0. The predicted octanol–water partition coefficient (Wildman–Crippen LogP) is 5.13. The topological polar surface area (TPSA) is 24.9 Å². The van der Waals surface area contributed by atoms with Crippen molar-refractivity contribution in [1.82, 2.24) is 4.98 Å². The second-order valence-electron chi connectivity index (χ2n) is 3.48. The average Bonchev–Trinajstić information content (AvgIpc) is 2.62. The van der Waals surface area contributed by atoms with Crippen molar-refractivity contribution in [3.8, 4) is 0 Å². The Bertz CT molecular complexity index is 519. The molecule has 0 spiro atoms. The van der Waals surface area contributed by atoms with Crippen LogP contribution in [0.4, 0.5) is 5.69 Å². The third kappa shape index (κ3) is 3.35. The zero-order valence-corrected chi connectivity index (χ0v) is 12.8. The molecule has 0 saturated carbocycles. The van der Waals surface area contributed by atoms with Crippen LogP contribution >= 0.6 is 50.5 Å². The standard InChI is InChI=1S/C11H9BrCl2N2S/c1-6-5-17-10(16-6)4-15-11-8(13)2-7(12)3-9(11)14/h2-3,5,15H,4H2,1H3. The lowest BCUT2D eigenvalue weighted by molar-refractivity contribution is 1.08. The minimum Gasteiger partial charge on any atom is -0.376 e. The van der Waals surface area contributed by atoms with E-state index in [1.165, 1.54) is 0 Å². The summed E-state index contributed by atoms with van der Waals surface area (Å²) in [4.78, 5) is 4.36. The first kappa shape index (κ1) is 13.1. The van der Waals surface area contributed by atoms with Gasteiger partial charge >= 0.3 is 0 Å². The van der Waals surface area contributed by atoms with E-state index in [0.29, 0.717) is 16.6 Å². The Morgan fingerprint density at radius 1 is 1.35 bits per heavy atom. The summed E-state index contributed by atoms with van der Waals surface area (Å²) < 4.78 is 0.864. The molecule has 2 nitrogen and oxygen atoms in total. The zero-order valence-electron chi connectivity index (χ0n) is 8.93. The maximum absolute atomic E-state index is 6.11. The highest BCUT2D eigenvalue weighted by molar-refractivity contribution is 9.10. The molecule has 0 unspecified atom stereocenters. The van der Waals surface area contributed by atoms with Gasteiger partial charge in [0.05, 0.1) is 22.3 Å². The molecule has 0 fully saturated rings. The lowest BCUT2D eigenvalue weighted by Gasteiger charge is -2.09. The lowest BCUT2D eigenvalue weighted by atomic mass is 10.3. The number of nitrogens with zero attached hydrogens (tertiary/aromatic N) is 1. The first-order valence-corrected chi connectivity index (χ1v) is 7.28. The third-order valence-corrected chi connectivity index (χ3v) is 4.11. The smallest absolute Gasteiger partial charge is 0.112 e. The largest absolute Gasteiger partial charge is 0.376 e. The van der Waals surface area contributed by atoms with Gasteiger partial charge in [-0.25, -0.2) is 4.98 Å². The van der Waals surface area contributed by atoms with Crippen LogP contribution in [0.3, 0.4) is 0 Å². The molecular formula is C11H9BrCl2N2S. The van der Waals surface area contributed by atoms with Crippen LogP contribution in [0, 0.1) is 6.92 Å². The molecule has 0 aliphatic heterocycles. The van der Waals surface area contributed by atoms with E-state index in [2.05, 4.69) is 26.2 Å². The van der Waals surface area contributed by atoms with Crippen LogP contribution in [-0.4, -0.2) is 4.98 Å². The molecule has 0 saturated heterocycles. The number of aromatic nitrogens is 1. The van der Waals surface area contributed by atoms with E-state index in [4.69, 9.17) is 23.2 Å². The highest BCUT2D eigenvalue weighted by Crippen LogP contribution is 2.34. The molecule has 17 heavy (non-hydrogen) atoms. The normalized spacial score (nSPS) is 10.6. The van der Waals surface area contributed by atoms with Crippen LogP contribution in [0.5, 0.6) is 0 Å². The van der Waals surface area contributed by atoms with Crippen molar-refractivity contribution in [3.63, 3.8) is 0 Å². The van der Waals surface area contributed by atoms with Gasteiger partial charge in [-0.1, -0.05) is 39.1 Å². The summed E-state index contributed by atoms with van der Waals surface area (Å²) in [5.41, 5.74) is 1.77. The molecular weight excluding hydrogens is 343 g/mol. The van der Waals surface area contributed by atoms with Crippen LogP contribution in [0.15, 0.2) is 22.0 Å². The molecule has 0 bridgehead atoms. The van der Waals surface area contributed by atoms with Gasteiger partial charge in [-0.3, -0.25) is 0 Å². The van der Waals surface area contributed by atoms with E-state index >= 15 is 0 Å². The van der Waals surface area contributed by atoms with Crippen molar-refractivity contribution in [2.45, 2.75) is 13.5 Å². The maximum Gasteiger partial charge on any atom is 0.112 e. The van der Waals surface area contributed by atoms with Gasteiger partial charge in [0.15, 0.2) is 0 Å². The van der Waals surface area contributed by atoms with E-state index in [1.807, 2.05) is 24.4 Å². The van der Waals surface area contributed by atoms with Gasteiger partial charge in [-0.05, 0) is 19.1 Å². The van der Waals surface area contributed by atoms with Gasteiger partial charge in [0.25, 0.3) is 0 Å². The number of anilines is 1. The molecule has 1 aromatic heterocycles. The van der Waals surface area contributed by atoms with Crippen LogP contribution in [0.1, 0.15) is 10.7 Å². The first-order chi connectivity index (χ1) is 8.06. The zero-order chi connectivity index (χ0) is 12.4. The number of halogens is 3. The highest BCUT2D eigenvalue weighted by atomic mass is 79.9. The third-order valence-electron chi connectivity index (χ3n) is 2.09. The van der Waals surface area contributed by atoms with E-state index < -0.39 is 0 Å². The van der Waals surface area contributed by atoms with Gasteiger partial charge in [0, 0.05) is 15.5 Å². The molecule has 0 amide bonds. The number of benzene rings is 1. The second kappa shape index (κ2) is 5.57. The quantitative estimate of drug-likeness (QED) is 0.828. The molecule has 1 heterocycles. The Balaban J connectivity index is 2.14. The Kier molecular flexibility index (Phi) is 4.31. The van der Waals surface area contributed by atoms with Crippen LogP contribution in [0.2, 0.25) is 10.0 Å². The summed E-state index contributed by atoms with van der Waals surface area (Å²) in [6.45, 7) is 2.60. The predicted molar refractivity (Wildman–Crippen MR) is 78.3 cm³/mol. The van der Waals surface area contributed by atoms with Crippen molar-refractivity contribution in [3.05, 3.63) is 42.7 Å². The average molecular weight is 352 g/mol. The monoisotopic (exact) mass is 350 g/mol. The van der Waals surface area contributed by atoms with E-state index in [9.17, 15) is 0 Å². The molecule has 2 rings (SSSR count). The van der Waals surface area contributed by atoms with Crippen molar-refractivity contribution in [2.24, 2.45) is 0 Å². The fourth-order valence-electron chi connectivity index (χ4n) is 1.36. The number of nitrogens with one attached hydrogen (secondary N) is 1. The minimum absolute atomic E-state index is 0.595. The summed E-state index contributed by atoms with van der Waals surface area (Å²) in [5, 5.41) is 7.42. The second-order valence-corrected chi connectivity index (χ2v) is 6.15. The van der Waals surface area contributed by atoms with Gasteiger partial charge in [0.1, 0.15) is 5.01 Å². The maximum atomic E-state index is 6.11. The molecule has 2 aromatic rings. The molecule has 0 radical (unpaired) electrons. The van der Waals surface area contributed by atoms with Crippen molar-refractivity contribution in [1.29, 1.82) is 0 Å². The van der Waals surface area contributed by atoms with E-state index in [1.54, 1.807) is 11.3 Å². The van der Waals surface area contributed by atoms with Crippen molar-refractivity contribution >= 4 is 56.2 Å². The van der Waals surface area contributed by atoms with Gasteiger partial charge in [-0.2, -0.15) is 0 Å². The minimum atomic E-state index is 0.595. The molecule has 0 atom stereocenters. The van der Waals surface area contributed by atoms with Crippen molar-refractivity contribution < 1.29 is 0 Å². The number of thiazole rings is 1. The Morgan fingerprint density at radius 2 is 2.00 bits per heavy atom. The number of hydrogen-bond acceptors (Lipinski definition) is 3. The van der Waals surface area contributed by atoms with Gasteiger partial charge < -0.3 is 5.32 Å². The van der Waals surface area contributed by atoms with Crippen LogP contribution in [0.25, 0.3) is 0 Å². The fourth-order valence-corrected chi connectivity index (χ4v) is 3.41. The summed E-state index contributed by atoms with van der Waals surface area (Å²) in [6.07, 6.45) is 0. The molecule has 90 valence electrons. The summed E-state index contributed by atoms with van der Waals surface area (Å²) >= 11 is 17.2. The van der Waals surface area contributed by atoms with Gasteiger partial charge in [-0.15, -0.1) is 11.3 Å². The molecule has 6 heteroatoms. The van der Waals surface area contributed by atoms with Crippen LogP contribution < -0.4 is 5.32 Å². The van der Waals surface area contributed by atoms with Crippen LogP contribution in [-0.2, 0) is 6.54 Å². The number of hydrogen-bond donors (Lipinski definition) is 1. The van der Waals surface area contributed by atoms with Crippen molar-refractivity contribution in [2.75, 3.05) is 5.32 Å². The first-order valence-electron chi connectivity index (χ1n) is 4.85. The number of rotatable bonds is 3. The molecule has 1 aromatic carbocycles. The fraction of sp³-hybridized carbons (Fsp3) is 0.182. The summed E-state index contributed by atoms with van der Waals surface area (Å²) in [6, 6.07) is 3.62. The molecule has 0 aliphatic rings. The SMILES string of the molecule is Cc1csc(CNc2c(Cl)cc(Br)cc2Cl)n1. The number of aryl methyl sites for hydroxylation is 1. The van der Waals surface area contributed by atoms with E-state index in [-0.39, 0.29) is 0 Å². The lowest BCUT2D eigenvalue weighted by Crippen LogP contribution is -2.00. The van der Waals surface area contributed by atoms with Gasteiger partial charge in [0.2, 0.25) is 0 Å². The van der Waals surface area contributed by atoms with E-state index in [0.717, 1.165) is 20.9 Å². The summed E-state index contributed by atoms with van der Waals surface area (Å²) in [5.74, 6) is 0. The Labute approximate surface area is 122 Å². The molecule has 0 aliphatic carbocycles.